The van der Waals surface area contributed by atoms with E-state index in [1.165, 1.54) is 11.1 Å². The fourth-order valence-electron chi connectivity index (χ4n) is 5.05. The molecule has 0 aliphatic carbocycles. The van der Waals surface area contributed by atoms with Crippen molar-refractivity contribution in [3.63, 3.8) is 0 Å². The molecule has 6 nitrogen and oxygen atoms in total. The van der Waals surface area contributed by atoms with Crippen molar-refractivity contribution in [2.45, 2.75) is 37.5 Å². The fourth-order valence-corrected chi connectivity index (χ4v) is 5.05. The molecule has 3 aromatic rings. The molecule has 3 aliphatic heterocycles. The van der Waals surface area contributed by atoms with Crippen molar-refractivity contribution in [1.82, 2.24) is 14.5 Å². The molecule has 2 bridgehead atoms. The first kappa shape index (κ1) is 16.9. The Labute approximate surface area is 167 Å². The molecule has 146 valence electrons. The quantitative estimate of drug-likeness (QED) is 0.676. The molecule has 6 rings (SSSR count). The van der Waals surface area contributed by atoms with Crippen molar-refractivity contribution < 1.29 is 9.53 Å². The number of nitrogens with zero attached hydrogens (tertiary/aromatic N) is 3. The average molecular weight is 387 g/mol. The van der Waals surface area contributed by atoms with Gasteiger partial charge in [0.25, 0.3) is 11.5 Å². The highest BCUT2D eigenvalue weighted by atomic mass is 16.5. The Bertz CT molecular complexity index is 1200. The molecule has 0 radical (unpaired) electrons. The first-order chi connectivity index (χ1) is 14.2. The minimum absolute atomic E-state index is 0.0277. The van der Waals surface area contributed by atoms with Gasteiger partial charge in [0.05, 0.1) is 35.5 Å². The molecule has 4 heterocycles. The van der Waals surface area contributed by atoms with Crippen LogP contribution in [0, 0.1) is 0 Å². The summed E-state index contributed by atoms with van der Waals surface area (Å²) in [5.74, 6) is 0.0277. The second-order valence-electron chi connectivity index (χ2n) is 8.20. The number of hydrogen-bond acceptors (Lipinski definition) is 4. The molecule has 3 aliphatic rings. The van der Waals surface area contributed by atoms with Crippen molar-refractivity contribution in [2.24, 2.45) is 0 Å². The number of carbonyl (C=O) groups excluding carboxylic acids is 1. The van der Waals surface area contributed by atoms with Crippen molar-refractivity contribution >= 4 is 16.8 Å². The summed E-state index contributed by atoms with van der Waals surface area (Å²) in [5.41, 5.74) is 3.79. The summed E-state index contributed by atoms with van der Waals surface area (Å²) in [6, 6.07) is 13.3. The molecule has 1 aromatic heterocycles. The molecular weight excluding hydrogens is 366 g/mol. The maximum absolute atomic E-state index is 13.1. The second kappa shape index (κ2) is 6.26. The number of rotatable bonds is 2. The molecule has 29 heavy (non-hydrogen) atoms. The lowest BCUT2D eigenvalue weighted by Crippen LogP contribution is -2.31. The van der Waals surface area contributed by atoms with Crippen LogP contribution in [-0.2, 0) is 4.74 Å². The van der Waals surface area contributed by atoms with Gasteiger partial charge in [-0.3, -0.25) is 14.2 Å². The van der Waals surface area contributed by atoms with Gasteiger partial charge in [-0.1, -0.05) is 18.2 Å². The Kier molecular flexibility index (Phi) is 3.65. The van der Waals surface area contributed by atoms with Crippen molar-refractivity contribution in [3.8, 4) is 0 Å². The minimum Gasteiger partial charge on any atom is -0.366 e. The standard InChI is InChI=1S/C23H21N3O3/c27-22(14-5-6-16-18(11-14)21-8-7-20(16)29-21)25-10-9-15(12-25)26-13-24-19-4-2-1-3-17(19)23(26)28/h1-6,11,13,15,20-21H,7-10,12H2. The van der Waals surface area contributed by atoms with Crippen molar-refractivity contribution in [3.05, 3.63) is 75.8 Å². The van der Waals surface area contributed by atoms with Crippen LogP contribution in [0.3, 0.4) is 0 Å². The predicted molar refractivity (Wildman–Crippen MR) is 108 cm³/mol. The van der Waals surface area contributed by atoms with E-state index in [2.05, 4.69) is 11.1 Å². The molecule has 2 fully saturated rings. The predicted octanol–water partition coefficient (Wildman–Crippen LogP) is 3.39. The van der Waals surface area contributed by atoms with Crippen LogP contribution in [0.1, 0.15) is 59.0 Å². The number of para-hydroxylation sites is 1. The SMILES string of the molecule is O=C(c1ccc2c(c1)C1CCC2O1)N1CCC(n2cnc3ccccc3c2=O)C1. The van der Waals surface area contributed by atoms with E-state index in [0.717, 1.165) is 19.3 Å². The van der Waals surface area contributed by atoms with E-state index in [0.29, 0.717) is 29.6 Å². The lowest BCUT2D eigenvalue weighted by molar-refractivity contribution is 0.0716. The number of benzene rings is 2. The third kappa shape index (κ3) is 2.55. The van der Waals surface area contributed by atoms with Gasteiger partial charge in [-0.2, -0.15) is 0 Å². The summed E-state index contributed by atoms with van der Waals surface area (Å²) in [7, 11) is 0. The summed E-state index contributed by atoms with van der Waals surface area (Å²) < 4.78 is 7.64. The van der Waals surface area contributed by atoms with Gasteiger partial charge in [-0.25, -0.2) is 4.98 Å². The van der Waals surface area contributed by atoms with E-state index in [4.69, 9.17) is 4.74 Å². The number of likely N-dealkylation sites (tertiary alicyclic amines) is 1. The monoisotopic (exact) mass is 387 g/mol. The van der Waals surface area contributed by atoms with Gasteiger partial charge in [0.15, 0.2) is 0 Å². The van der Waals surface area contributed by atoms with E-state index < -0.39 is 0 Å². The van der Waals surface area contributed by atoms with Crippen LogP contribution < -0.4 is 5.56 Å². The van der Waals surface area contributed by atoms with E-state index in [1.54, 1.807) is 17.0 Å². The zero-order chi connectivity index (χ0) is 19.5. The molecular formula is C23H21N3O3. The summed E-state index contributed by atoms with van der Waals surface area (Å²) >= 11 is 0. The van der Waals surface area contributed by atoms with Crippen LogP contribution in [0.2, 0.25) is 0 Å². The van der Waals surface area contributed by atoms with E-state index in [1.807, 2.05) is 35.2 Å². The third-order valence-electron chi connectivity index (χ3n) is 6.58. The average Bonchev–Trinajstić information content (AvgIpc) is 3.50. The normalized spacial score (nSPS) is 25.0. The number of hydrogen-bond donors (Lipinski definition) is 0. The Morgan fingerprint density at radius 1 is 1.03 bits per heavy atom. The smallest absolute Gasteiger partial charge is 0.261 e. The Morgan fingerprint density at radius 2 is 1.86 bits per heavy atom. The molecule has 2 saturated heterocycles. The van der Waals surface area contributed by atoms with Crippen molar-refractivity contribution in [1.29, 1.82) is 0 Å². The summed E-state index contributed by atoms with van der Waals surface area (Å²) in [6.07, 6.45) is 4.85. The van der Waals surface area contributed by atoms with Crippen LogP contribution >= 0.6 is 0 Å². The van der Waals surface area contributed by atoms with Crippen LogP contribution in [0.25, 0.3) is 10.9 Å². The second-order valence-corrected chi connectivity index (χ2v) is 8.20. The number of carbonyl (C=O) groups is 1. The Morgan fingerprint density at radius 3 is 2.76 bits per heavy atom. The maximum Gasteiger partial charge on any atom is 0.261 e. The highest BCUT2D eigenvalue weighted by molar-refractivity contribution is 5.94. The van der Waals surface area contributed by atoms with Gasteiger partial charge >= 0.3 is 0 Å². The third-order valence-corrected chi connectivity index (χ3v) is 6.58. The van der Waals surface area contributed by atoms with Crippen LogP contribution in [0.5, 0.6) is 0 Å². The molecule has 2 aromatic carbocycles. The zero-order valence-corrected chi connectivity index (χ0v) is 16.0. The lowest BCUT2D eigenvalue weighted by atomic mass is 9.90. The lowest BCUT2D eigenvalue weighted by Gasteiger charge is -2.19. The summed E-state index contributed by atoms with van der Waals surface area (Å²) in [5, 5.41) is 0.619. The molecule has 6 heteroatoms. The van der Waals surface area contributed by atoms with Crippen molar-refractivity contribution in [2.75, 3.05) is 13.1 Å². The molecule has 1 amide bonds. The molecule has 0 saturated carbocycles. The number of ether oxygens (including phenoxy) is 1. The fraction of sp³-hybridized carbons (Fsp3) is 0.348. The maximum atomic E-state index is 13.1. The van der Waals surface area contributed by atoms with Crippen LogP contribution in [0.15, 0.2) is 53.6 Å². The number of aromatic nitrogens is 2. The van der Waals surface area contributed by atoms with Gasteiger partial charge in [0.1, 0.15) is 0 Å². The van der Waals surface area contributed by atoms with E-state index in [-0.39, 0.29) is 29.7 Å². The van der Waals surface area contributed by atoms with Gasteiger partial charge < -0.3 is 9.64 Å². The van der Waals surface area contributed by atoms with Gasteiger partial charge in [0, 0.05) is 18.7 Å². The van der Waals surface area contributed by atoms with E-state index in [9.17, 15) is 9.59 Å². The van der Waals surface area contributed by atoms with Crippen LogP contribution in [0.4, 0.5) is 0 Å². The minimum atomic E-state index is -0.0441. The molecule has 0 spiro atoms. The van der Waals surface area contributed by atoms with Gasteiger partial charge in [-0.05, 0) is 54.7 Å². The first-order valence-corrected chi connectivity index (χ1v) is 10.2. The highest BCUT2D eigenvalue weighted by Gasteiger charge is 2.38. The first-order valence-electron chi connectivity index (χ1n) is 10.2. The number of amides is 1. The Balaban J connectivity index is 1.25. The molecule has 3 atom stereocenters. The zero-order valence-electron chi connectivity index (χ0n) is 16.0. The largest absolute Gasteiger partial charge is 0.366 e. The highest BCUT2D eigenvalue weighted by Crippen LogP contribution is 2.50. The number of fused-ring (bicyclic) bond motifs is 6. The Hall–Kier alpha value is -2.99. The summed E-state index contributed by atoms with van der Waals surface area (Å²) in [6.45, 7) is 1.17. The van der Waals surface area contributed by atoms with E-state index >= 15 is 0 Å². The topological polar surface area (TPSA) is 64.4 Å². The molecule has 0 N–H and O–H groups in total. The summed E-state index contributed by atoms with van der Waals surface area (Å²) in [4.78, 5) is 32.2. The van der Waals surface area contributed by atoms with Gasteiger partial charge in [-0.15, -0.1) is 0 Å². The molecule has 3 unspecified atom stereocenters. The van der Waals surface area contributed by atoms with Gasteiger partial charge in [0.2, 0.25) is 0 Å². The van der Waals surface area contributed by atoms with Crippen LogP contribution in [-0.4, -0.2) is 33.4 Å².